The Morgan fingerprint density at radius 2 is 2.17 bits per heavy atom. The number of benzene rings is 1. The van der Waals surface area contributed by atoms with E-state index in [1.165, 1.54) is 30.2 Å². The normalized spacial score (nSPS) is 10.7. The zero-order chi connectivity index (χ0) is 16.6. The predicted octanol–water partition coefficient (Wildman–Crippen LogP) is 2.19. The lowest BCUT2D eigenvalue weighted by molar-refractivity contribution is 0.0696. The first-order valence-electron chi connectivity index (χ1n) is 6.71. The van der Waals surface area contributed by atoms with Crippen LogP contribution < -0.4 is 10.1 Å². The molecule has 3 rings (SSSR count). The molecule has 118 valence electrons. The van der Waals surface area contributed by atoms with E-state index in [1.54, 1.807) is 19.1 Å². The van der Waals surface area contributed by atoms with Gasteiger partial charge >= 0.3 is 5.97 Å². The molecule has 23 heavy (non-hydrogen) atoms. The fourth-order valence-electron chi connectivity index (χ4n) is 2.37. The third-order valence-electron chi connectivity index (χ3n) is 3.50. The molecule has 3 N–H and O–H groups in total. The van der Waals surface area contributed by atoms with Crippen molar-refractivity contribution in [2.75, 3.05) is 12.4 Å². The maximum absolute atomic E-state index is 11.2. The molecule has 0 fully saturated rings. The summed E-state index contributed by atoms with van der Waals surface area (Å²) in [4.78, 5) is 15.4. The Labute approximate surface area is 131 Å². The SMILES string of the molecule is COc1ccc(Nc2ncnn3cc(C(=O)O)c(C)c23)cc1O. The molecule has 0 atom stereocenters. The van der Waals surface area contributed by atoms with Crippen LogP contribution in [0, 0.1) is 6.92 Å². The highest BCUT2D eigenvalue weighted by Gasteiger charge is 2.17. The summed E-state index contributed by atoms with van der Waals surface area (Å²) in [5.74, 6) is -0.244. The molecule has 2 aromatic heterocycles. The largest absolute Gasteiger partial charge is 0.504 e. The van der Waals surface area contributed by atoms with Crippen molar-refractivity contribution < 1.29 is 19.7 Å². The Morgan fingerprint density at radius 3 is 2.83 bits per heavy atom. The van der Waals surface area contributed by atoms with E-state index in [-0.39, 0.29) is 11.3 Å². The Morgan fingerprint density at radius 1 is 1.39 bits per heavy atom. The van der Waals surface area contributed by atoms with E-state index in [0.29, 0.717) is 28.3 Å². The smallest absolute Gasteiger partial charge is 0.337 e. The predicted molar refractivity (Wildman–Crippen MR) is 82.6 cm³/mol. The van der Waals surface area contributed by atoms with Gasteiger partial charge in [0.15, 0.2) is 17.3 Å². The number of phenols is 1. The quantitative estimate of drug-likeness (QED) is 0.677. The van der Waals surface area contributed by atoms with Crippen LogP contribution in [0.4, 0.5) is 11.5 Å². The number of anilines is 2. The number of aromatic nitrogens is 3. The number of carboxylic acid groups (broad SMARTS) is 1. The monoisotopic (exact) mass is 314 g/mol. The zero-order valence-electron chi connectivity index (χ0n) is 12.4. The lowest BCUT2D eigenvalue weighted by Crippen LogP contribution is -2.00. The molecular formula is C15H14N4O4. The summed E-state index contributed by atoms with van der Waals surface area (Å²) in [5.41, 5.74) is 1.85. The number of nitrogens with one attached hydrogen (secondary N) is 1. The molecule has 2 heterocycles. The minimum Gasteiger partial charge on any atom is -0.504 e. The van der Waals surface area contributed by atoms with Gasteiger partial charge in [0.25, 0.3) is 0 Å². The molecule has 0 unspecified atom stereocenters. The highest BCUT2D eigenvalue weighted by atomic mass is 16.5. The van der Waals surface area contributed by atoms with Gasteiger partial charge in [0.05, 0.1) is 12.7 Å². The Hall–Kier alpha value is -3.29. The van der Waals surface area contributed by atoms with Crippen molar-refractivity contribution in [2.24, 2.45) is 0 Å². The highest BCUT2D eigenvalue weighted by Crippen LogP contribution is 2.31. The fourth-order valence-corrected chi connectivity index (χ4v) is 2.37. The van der Waals surface area contributed by atoms with Crippen molar-refractivity contribution in [3.05, 3.63) is 41.9 Å². The molecule has 8 heteroatoms. The van der Waals surface area contributed by atoms with Gasteiger partial charge < -0.3 is 20.3 Å². The second kappa shape index (κ2) is 5.48. The van der Waals surface area contributed by atoms with Gasteiger partial charge in [-0.2, -0.15) is 5.10 Å². The maximum Gasteiger partial charge on any atom is 0.337 e. The van der Waals surface area contributed by atoms with E-state index in [9.17, 15) is 15.0 Å². The summed E-state index contributed by atoms with van der Waals surface area (Å²) in [6, 6.07) is 4.82. The summed E-state index contributed by atoms with van der Waals surface area (Å²) >= 11 is 0. The Balaban J connectivity index is 2.06. The second-order valence-electron chi connectivity index (χ2n) is 4.89. The van der Waals surface area contributed by atoms with E-state index in [2.05, 4.69) is 15.4 Å². The number of hydrogen-bond donors (Lipinski definition) is 3. The van der Waals surface area contributed by atoms with Crippen LogP contribution in [0.25, 0.3) is 5.52 Å². The molecule has 0 radical (unpaired) electrons. The Bertz CT molecular complexity index is 904. The summed E-state index contributed by atoms with van der Waals surface area (Å²) < 4.78 is 6.45. The first-order valence-corrected chi connectivity index (χ1v) is 6.71. The average Bonchev–Trinajstić information content (AvgIpc) is 2.86. The molecule has 0 amide bonds. The molecule has 8 nitrogen and oxygen atoms in total. The topological polar surface area (TPSA) is 109 Å². The fraction of sp³-hybridized carbons (Fsp3) is 0.133. The van der Waals surface area contributed by atoms with Crippen LogP contribution in [0.1, 0.15) is 15.9 Å². The van der Waals surface area contributed by atoms with Crippen molar-refractivity contribution in [1.29, 1.82) is 0 Å². The summed E-state index contributed by atoms with van der Waals surface area (Å²) in [5, 5.41) is 26.1. The van der Waals surface area contributed by atoms with E-state index < -0.39 is 5.97 Å². The van der Waals surface area contributed by atoms with E-state index in [0.717, 1.165) is 0 Å². The van der Waals surface area contributed by atoms with Crippen LogP contribution in [-0.2, 0) is 0 Å². The van der Waals surface area contributed by atoms with Gasteiger partial charge in [-0.15, -0.1) is 0 Å². The average molecular weight is 314 g/mol. The van der Waals surface area contributed by atoms with Gasteiger partial charge in [0, 0.05) is 18.0 Å². The van der Waals surface area contributed by atoms with Gasteiger partial charge in [-0.3, -0.25) is 0 Å². The molecule has 0 aliphatic carbocycles. The van der Waals surface area contributed by atoms with Gasteiger partial charge in [0.2, 0.25) is 0 Å². The van der Waals surface area contributed by atoms with E-state index in [1.807, 2.05) is 0 Å². The van der Waals surface area contributed by atoms with E-state index in [4.69, 9.17) is 4.74 Å². The number of nitrogens with zero attached hydrogens (tertiary/aromatic N) is 3. The highest BCUT2D eigenvalue weighted by molar-refractivity contribution is 5.94. The standard InChI is InChI=1S/C15H14N4O4/c1-8-10(15(21)22)6-19-13(8)14(16-7-17-19)18-9-3-4-12(23-2)11(20)5-9/h3-7,20H,1-2H3,(H,21,22)(H,16,17,18). The maximum atomic E-state index is 11.2. The molecule has 0 spiro atoms. The number of aryl methyl sites for hydroxylation is 1. The number of hydrogen-bond acceptors (Lipinski definition) is 6. The zero-order valence-corrected chi connectivity index (χ0v) is 12.4. The van der Waals surface area contributed by atoms with Crippen LogP contribution in [0.3, 0.4) is 0 Å². The van der Waals surface area contributed by atoms with Crippen molar-refractivity contribution >= 4 is 23.0 Å². The number of fused-ring (bicyclic) bond motifs is 1. The van der Waals surface area contributed by atoms with Crippen LogP contribution >= 0.6 is 0 Å². The molecule has 0 saturated carbocycles. The van der Waals surface area contributed by atoms with Gasteiger partial charge in [-0.05, 0) is 24.6 Å². The molecule has 0 saturated heterocycles. The number of methoxy groups -OCH3 is 1. The van der Waals surface area contributed by atoms with Crippen molar-refractivity contribution in [2.45, 2.75) is 6.92 Å². The molecular weight excluding hydrogens is 300 g/mol. The van der Waals surface area contributed by atoms with Crippen LogP contribution in [-0.4, -0.2) is 37.9 Å². The van der Waals surface area contributed by atoms with Crippen LogP contribution in [0.5, 0.6) is 11.5 Å². The van der Waals surface area contributed by atoms with Gasteiger partial charge in [0.1, 0.15) is 11.8 Å². The minimum atomic E-state index is -1.03. The second-order valence-corrected chi connectivity index (χ2v) is 4.89. The van der Waals surface area contributed by atoms with Crippen molar-refractivity contribution in [1.82, 2.24) is 14.6 Å². The van der Waals surface area contributed by atoms with Gasteiger partial charge in [-0.25, -0.2) is 14.3 Å². The number of aromatic carboxylic acids is 1. The van der Waals surface area contributed by atoms with Crippen LogP contribution in [0.2, 0.25) is 0 Å². The summed E-state index contributed by atoms with van der Waals surface area (Å²) in [7, 11) is 1.47. The lowest BCUT2D eigenvalue weighted by Gasteiger charge is -2.09. The number of aromatic hydroxyl groups is 1. The van der Waals surface area contributed by atoms with Crippen LogP contribution in [0.15, 0.2) is 30.7 Å². The Kier molecular flexibility index (Phi) is 3.49. The van der Waals surface area contributed by atoms with Gasteiger partial charge in [-0.1, -0.05) is 0 Å². The summed E-state index contributed by atoms with van der Waals surface area (Å²) in [6.07, 6.45) is 2.76. The van der Waals surface area contributed by atoms with Crippen molar-refractivity contribution in [3.8, 4) is 11.5 Å². The molecule has 0 bridgehead atoms. The first kappa shape index (κ1) is 14.6. The third-order valence-corrected chi connectivity index (χ3v) is 3.50. The molecule has 0 aliphatic heterocycles. The first-order chi connectivity index (χ1) is 11.0. The summed E-state index contributed by atoms with van der Waals surface area (Å²) in [6.45, 7) is 1.69. The third kappa shape index (κ3) is 2.50. The number of carboxylic acids is 1. The molecule has 3 aromatic rings. The number of carbonyl (C=O) groups is 1. The number of ether oxygens (including phenoxy) is 1. The molecule has 1 aromatic carbocycles. The molecule has 0 aliphatic rings. The van der Waals surface area contributed by atoms with E-state index >= 15 is 0 Å². The van der Waals surface area contributed by atoms with Crippen molar-refractivity contribution in [3.63, 3.8) is 0 Å². The minimum absolute atomic E-state index is 0.0130. The number of phenolic OH excluding ortho intramolecular Hbond substituents is 1. The lowest BCUT2D eigenvalue weighted by atomic mass is 10.2. The number of rotatable bonds is 4.